The van der Waals surface area contributed by atoms with Crippen LogP contribution < -0.4 is 16.0 Å². The van der Waals surface area contributed by atoms with Gasteiger partial charge < -0.3 is 20.4 Å². The lowest BCUT2D eigenvalue weighted by atomic mass is 9.96. The molecule has 0 spiro atoms. The molecule has 1 aliphatic rings. The minimum Gasteiger partial charge on any atom is -0.454 e. The molecule has 47 heavy (non-hydrogen) atoms. The van der Waals surface area contributed by atoms with E-state index in [4.69, 9.17) is 4.42 Å². The Hall–Kier alpha value is -6.21. The van der Waals surface area contributed by atoms with E-state index in [-0.39, 0.29) is 11.8 Å². The first kappa shape index (κ1) is 28.3. The second kappa shape index (κ2) is 11.9. The zero-order valence-electron chi connectivity index (χ0n) is 25.4. The van der Waals surface area contributed by atoms with Crippen LogP contribution in [-0.4, -0.2) is 22.8 Å². The summed E-state index contributed by atoms with van der Waals surface area (Å²) in [5.41, 5.74) is 7.34. The van der Waals surface area contributed by atoms with Gasteiger partial charge in [0.25, 0.3) is 5.91 Å². The molecule has 7 aromatic rings. The first-order valence-corrected chi connectivity index (χ1v) is 15.7. The summed E-state index contributed by atoms with van der Waals surface area (Å²) in [6, 6.07) is 42.2. The molecule has 1 unspecified atom stereocenters. The van der Waals surface area contributed by atoms with Crippen molar-refractivity contribution in [2.45, 2.75) is 18.9 Å². The summed E-state index contributed by atoms with van der Waals surface area (Å²) in [7, 11) is 0. The fraction of sp³-hybridized carbons (Fsp3) is 0.0750. The zero-order valence-corrected chi connectivity index (χ0v) is 25.4. The number of rotatable bonds is 6. The van der Waals surface area contributed by atoms with Crippen molar-refractivity contribution in [1.29, 1.82) is 0 Å². The number of aryl methyl sites for hydroxylation is 1. The number of amides is 2. The van der Waals surface area contributed by atoms with Crippen molar-refractivity contribution in [3.05, 3.63) is 145 Å². The van der Waals surface area contributed by atoms with Crippen molar-refractivity contribution in [2.75, 3.05) is 16.0 Å². The number of hydrogen-bond donors (Lipinski definition) is 3. The van der Waals surface area contributed by atoms with E-state index < -0.39 is 6.04 Å². The molecule has 0 saturated heterocycles. The summed E-state index contributed by atoms with van der Waals surface area (Å²) in [6.45, 7) is 0. The molecule has 228 valence electrons. The third-order valence-electron chi connectivity index (χ3n) is 8.65. The summed E-state index contributed by atoms with van der Waals surface area (Å²) in [4.78, 5) is 32.3. The smallest absolute Gasteiger partial charge is 0.274 e. The van der Waals surface area contributed by atoms with E-state index >= 15 is 0 Å². The maximum Gasteiger partial charge on any atom is 0.274 e. The van der Waals surface area contributed by atoms with E-state index in [9.17, 15) is 9.59 Å². The number of anilines is 3. The molecular weight excluding hydrogens is 584 g/mol. The second-order valence-corrected chi connectivity index (χ2v) is 11.6. The first-order chi connectivity index (χ1) is 23.1. The Morgan fingerprint density at radius 1 is 0.723 bits per heavy atom. The van der Waals surface area contributed by atoms with Crippen molar-refractivity contribution in [2.24, 2.45) is 0 Å². The Kier molecular flexibility index (Phi) is 7.19. The van der Waals surface area contributed by atoms with Crippen LogP contribution in [0.15, 0.2) is 138 Å². The van der Waals surface area contributed by atoms with Gasteiger partial charge in [-0.1, -0.05) is 103 Å². The highest BCUT2D eigenvalue weighted by Gasteiger charge is 2.28. The normalized spacial score (nSPS) is 13.9. The topological polar surface area (TPSA) is 96.3 Å². The number of para-hydroxylation sites is 2. The number of hydrogen-bond acceptors (Lipinski definition) is 5. The highest BCUT2D eigenvalue weighted by Crippen LogP contribution is 2.46. The molecule has 0 saturated carbocycles. The third kappa shape index (κ3) is 5.38. The lowest BCUT2D eigenvalue weighted by Gasteiger charge is -2.26. The van der Waals surface area contributed by atoms with Gasteiger partial charge in [-0.25, -0.2) is 4.98 Å². The molecule has 1 aliphatic heterocycles. The summed E-state index contributed by atoms with van der Waals surface area (Å²) in [5.74, 6) is 0.0462. The molecule has 5 aromatic carbocycles. The number of nitrogens with one attached hydrogen (secondary N) is 3. The number of carbonyl (C=O) groups excluding carboxylic acids is 2. The Morgan fingerprint density at radius 2 is 1.45 bits per heavy atom. The number of pyridine rings is 1. The Labute approximate surface area is 271 Å². The summed E-state index contributed by atoms with van der Waals surface area (Å²) in [5, 5.41) is 11.5. The van der Waals surface area contributed by atoms with Crippen LogP contribution in [0, 0.1) is 0 Å². The summed E-state index contributed by atoms with van der Waals surface area (Å²) >= 11 is 0. The van der Waals surface area contributed by atoms with Gasteiger partial charge in [0.05, 0.1) is 16.6 Å². The molecular formula is C40H30N4O3. The minimum absolute atomic E-state index is 0.159. The maximum absolute atomic E-state index is 14.0. The van der Waals surface area contributed by atoms with E-state index in [1.807, 2.05) is 121 Å². The molecule has 0 aliphatic carbocycles. The quantitative estimate of drug-likeness (QED) is 0.174. The lowest BCUT2D eigenvalue weighted by Crippen LogP contribution is -2.37. The molecule has 0 radical (unpaired) electrons. The Balaban J connectivity index is 1.25. The standard InChI is InChI=1S/C40H30N4O3/c45-39(32-21-19-25-11-7-9-17-29(25)41-32)43-31-23-24-34-36(35(31)27-13-3-1-4-14-27)37(38(47-34)28-15-5-2-6-16-28)44-40(46)33-22-20-26-12-8-10-18-30(26)42-33/h1-19,21,23-24,33,42H,20,22H2,(H,43,45)(H,44,46). The van der Waals surface area contributed by atoms with Crippen LogP contribution in [0.2, 0.25) is 0 Å². The van der Waals surface area contributed by atoms with E-state index in [0.717, 1.165) is 39.7 Å². The third-order valence-corrected chi connectivity index (χ3v) is 8.65. The largest absolute Gasteiger partial charge is 0.454 e. The van der Waals surface area contributed by atoms with Crippen molar-refractivity contribution in [1.82, 2.24) is 4.98 Å². The van der Waals surface area contributed by atoms with E-state index in [0.29, 0.717) is 40.2 Å². The van der Waals surface area contributed by atoms with Crippen LogP contribution in [0.25, 0.3) is 44.3 Å². The number of fused-ring (bicyclic) bond motifs is 3. The molecule has 0 fully saturated rings. The van der Waals surface area contributed by atoms with Crippen LogP contribution in [0.4, 0.5) is 17.1 Å². The van der Waals surface area contributed by atoms with Crippen LogP contribution in [0.1, 0.15) is 22.5 Å². The minimum atomic E-state index is -0.430. The van der Waals surface area contributed by atoms with Crippen molar-refractivity contribution >= 4 is 50.7 Å². The predicted molar refractivity (Wildman–Crippen MR) is 188 cm³/mol. The fourth-order valence-corrected chi connectivity index (χ4v) is 6.34. The molecule has 2 amide bonds. The molecule has 2 aromatic heterocycles. The van der Waals surface area contributed by atoms with E-state index in [1.165, 1.54) is 5.56 Å². The average Bonchev–Trinajstić information content (AvgIpc) is 3.49. The number of benzene rings is 5. The molecule has 7 nitrogen and oxygen atoms in total. The Morgan fingerprint density at radius 3 is 2.28 bits per heavy atom. The van der Waals surface area contributed by atoms with Gasteiger partial charge in [-0.2, -0.15) is 0 Å². The lowest BCUT2D eigenvalue weighted by molar-refractivity contribution is -0.117. The van der Waals surface area contributed by atoms with Gasteiger partial charge in [0.15, 0.2) is 5.76 Å². The van der Waals surface area contributed by atoms with Gasteiger partial charge in [0.1, 0.15) is 17.3 Å². The van der Waals surface area contributed by atoms with Gasteiger partial charge in [0.2, 0.25) is 5.91 Å². The van der Waals surface area contributed by atoms with Gasteiger partial charge >= 0.3 is 0 Å². The summed E-state index contributed by atoms with van der Waals surface area (Å²) in [6.07, 6.45) is 1.46. The average molecular weight is 615 g/mol. The van der Waals surface area contributed by atoms with Crippen LogP contribution in [0.3, 0.4) is 0 Å². The molecule has 3 heterocycles. The summed E-state index contributed by atoms with van der Waals surface area (Å²) < 4.78 is 6.52. The number of nitrogens with zero attached hydrogens (tertiary/aromatic N) is 1. The first-order valence-electron chi connectivity index (χ1n) is 15.7. The van der Waals surface area contributed by atoms with Gasteiger partial charge in [0, 0.05) is 27.9 Å². The van der Waals surface area contributed by atoms with Gasteiger partial charge in [-0.05, 0) is 54.3 Å². The second-order valence-electron chi connectivity index (χ2n) is 11.6. The number of carbonyl (C=O) groups is 2. The number of aromatic nitrogens is 1. The highest BCUT2D eigenvalue weighted by molar-refractivity contribution is 6.17. The van der Waals surface area contributed by atoms with Gasteiger partial charge in [-0.15, -0.1) is 0 Å². The SMILES string of the molecule is O=C(Nc1ccc2oc(-c3ccccc3)c(NC(=O)C3CCc4ccccc4N3)c2c1-c1ccccc1)c1ccc2ccccc2n1. The van der Waals surface area contributed by atoms with Crippen molar-refractivity contribution in [3.63, 3.8) is 0 Å². The zero-order chi connectivity index (χ0) is 31.7. The monoisotopic (exact) mass is 614 g/mol. The van der Waals surface area contributed by atoms with Crippen molar-refractivity contribution in [3.8, 4) is 22.5 Å². The number of furan rings is 1. The van der Waals surface area contributed by atoms with Crippen LogP contribution in [0.5, 0.6) is 0 Å². The molecule has 7 heteroatoms. The molecule has 3 N–H and O–H groups in total. The molecule has 1 atom stereocenters. The van der Waals surface area contributed by atoms with E-state index in [2.05, 4.69) is 27.0 Å². The van der Waals surface area contributed by atoms with Crippen molar-refractivity contribution < 1.29 is 14.0 Å². The Bertz CT molecular complexity index is 2280. The predicted octanol–water partition coefficient (Wildman–Crippen LogP) is 8.93. The van der Waals surface area contributed by atoms with Crippen LogP contribution in [-0.2, 0) is 11.2 Å². The highest BCUT2D eigenvalue weighted by atomic mass is 16.3. The molecule has 0 bridgehead atoms. The maximum atomic E-state index is 14.0. The molecule has 8 rings (SSSR count). The van der Waals surface area contributed by atoms with Crippen LogP contribution >= 0.6 is 0 Å². The van der Waals surface area contributed by atoms with Gasteiger partial charge in [-0.3, -0.25) is 9.59 Å². The fourth-order valence-electron chi connectivity index (χ4n) is 6.34. The van der Waals surface area contributed by atoms with E-state index in [1.54, 1.807) is 6.07 Å².